The van der Waals surface area contributed by atoms with Crippen LogP contribution in [0.1, 0.15) is 12.8 Å². The number of ether oxygens (including phenoxy) is 1. The molecule has 0 radical (unpaired) electrons. The monoisotopic (exact) mass is 226 g/mol. The molecule has 0 aromatic heterocycles. The fourth-order valence-corrected chi connectivity index (χ4v) is 1.56. The van der Waals surface area contributed by atoms with Crippen LogP contribution in [0.2, 0.25) is 0 Å². The Labute approximate surface area is 101 Å². The number of benzene rings is 1. The molecule has 86 valence electrons. The highest BCUT2D eigenvalue weighted by Crippen LogP contribution is 2.12. The molecule has 0 fully saturated rings. The van der Waals surface area contributed by atoms with Gasteiger partial charge < -0.3 is 4.74 Å². The van der Waals surface area contributed by atoms with E-state index in [9.17, 15) is 4.79 Å². The van der Waals surface area contributed by atoms with Crippen molar-refractivity contribution in [1.29, 1.82) is 0 Å². The predicted octanol–water partition coefficient (Wildman–Crippen LogP) is 3.42. The Morgan fingerprint density at radius 1 is 1.18 bits per heavy atom. The number of esters is 1. The van der Waals surface area contributed by atoms with E-state index in [4.69, 9.17) is 4.74 Å². The third-order valence-corrected chi connectivity index (χ3v) is 2.40. The van der Waals surface area contributed by atoms with Gasteiger partial charge in [-0.15, -0.1) is 0 Å². The third-order valence-electron chi connectivity index (χ3n) is 2.40. The van der Waals surface area contributed by atoms with Crippen LogP contribution >= 0.6 is 0 Å². The molecular weight excluding hydrogens is 212 g/mol. The van der Waals surface area contributed by atoms with Crippen LogP contribution in [0.15, 0.2) is 66.3 Å². The molecule has 1 aromatic rings. The van der Waals surface area contributed by atoms with Gasteiger partial charge in [-0.05, 0) is 36.6 Å². The van der Waals surface area contributed by atoms with Crippen LogP contribution in [0.25, 0.3) is 0 Å². The summed E-state index contributed by atoms with van der Waals surface area (Å²) >= 11 is 0. The Morgan fingerprint density at radius 2 is 2.00 bits per heavy atom. The lowest BCUT2D eigenvalue weighted by atomic mass is 10.1. The summed E-state index contributed by atoms with van der Waals surface area (Å²) in [6, 6.07) is 9.05. The summed E-state index contributed by atoms with van der Waals surface area (Å²) in [6.07, 6.45) is 11.6. The molecule has 0 saturated heterocycles. The summed E-state index contributed by atoms with van der Waals surface area (Å²) in [6.45, 7) is 0. The molecule has 0 bridgehead atoms. The number of para-hydroxylation sites is 1. The zero-order valence-electron chi connectivity index (χ0n) is 9.50. The highest BCUT2D eigenvalue weighted by Gasteiger charge is 1.99. The molecule has 0 spiro atoms. The van der Waals surface area contributed by atoms with Gasteiger partial charge in [0.2, 0.25) is 0 Å². The molecule has 2 nitrogen and oxygen atoms in total. The van der Waals surface area contributed by atoms with Crippen LogP contribution in [-0.4, -0.2) is 5.97 Å². The van der Waals surface area contributed by atoms with E-state index in [0.29, 0.717) is 5.75 Å². The molecule has 0 unspecified atom stereocenters. The summed E-state index contributed by atoms with van der Waals surface area (Å²) < 4.78 is 5.13. The lowest BCUT2D eigenvalue weighted by Gasteiger charge is -2.02. The number of carbonyl (C=O) groups is 1. The molecule has 0 atom stereocenters. The van der Waals surface area contributed by atoms with E-state index in [1.807, 2.05) is 24.3 Å². The summed E-state index contributed by atoms with van der Waals surface area (Å²) in [5, 5.41) is 0. The zero-order valence-corrected chi connectivity index (χ0v) is 9.50. The smallest absolute Gasteiger partial charge is 0.336 e. The first-order valence-corrected chi connectivity index (χ1v) is 5.66. The molecule has 1 aliphatic carbocycles. The van der Waals surface area contributed by atoms with Crippen LogP contribution in [0.4, 0.5) is 0 Å². The van der Waals surface area contributed by atoms with Gasteiger partial charge in [-0.1, -0.05) is 36.4 Å². The van der Waals surface area contributed by atoms with Gasteiger partial charge >= 0.3 is 5.97 Å². The van der Waals surface area contributed by atoms with E-state index in [-0.39, 0.29) is 5.97 Å². The van der Waals surface area contributed by atoms with Crippen molar-refractivity contribution in [2.45, 2.75) is 12.8 Å². The molecule has 2 rings (SSSR count). The maximum atomic E-state index is 11.5. The Kier molecular flexibility index (Phi) is 3.92. The van der Waals surface area contributed by atoms with Gasteiger partial charge in [0.05, 0.1) is 0 Å². The first-order chi connectivity index (χ1) is 8.34. The van der Waals surface area contributed by atoms with Gasteiger partial charge in [0.25, 0.3) is 0 Å². The van der Waals surface area contributed by atoms with Crippen molar-refractivity contribution in [1.82, 2.24) is 0 Å². The van der Waals surface area contributed by atoms with Crippen molar-refractivity contribution in [2.75, 3.05) is 0 Å². The standard InChI is InChI=1S/C15H14O2/c16-15(17-14-9-5-2-6-10-14)12-11-13-7-3-1-4-8-13/h2-3,5-12H,1,4H2/b12-11+. The second-order valence-corrected chi connectivity index (χ2v) is 3.75. The van der Waals surface area contributed by atoms with Gasteiger partial charge in [-0.25, -0.2) is 4.79 Å². The Morgan fingerprint density at radius 3 is 2.71 bits per heavy atom. The van der Waals surface area contributed by atoms with E-state index in [2.05, 4.69) is 12.2 Å². The molecule has 1 aromatic carbocycles. The minimum atomic E-state index is -0.351. The SMILES string of the molecule is O=C(/C=C/C1=CCCC=C1)Oc1ccccc1. The van der Waals surface area contributed by atoms with Gasteiger partial charge in [-0.2, -0.15) is 0 Å². The first kappa shape index (κ1) is 11.4. The molecule has 17 heavy (non-hydrogen) atoms. The molecule has 0 amide bonds. The van der Waals surface area contributed by atoms with Crippen molar-refractivity contribution in [2.24, 2.45) is 0 Å². The van der Waals surface area contributed by atoms with E-state index in [1.165, 1.54) is 6.08 Å². The Balaban J connectivity index is 1.91. The average Bonchev–Trinajstić information content (AvgIpc) is 2.39. The number of allylic oxidation sites excluding steroid dienone is 5. The van der Waals surface area contributed by atoms with Gasteiger partial charge in [-0.3, -0.25) is 0 Å². The van der Waals surface area contributed by atoms with Crippen molar-refractivity contribution < 1.29 is 9.53 Å². The fourth-order valence-electron chi connectivity index (χ4n) is 1.56. The summed E-state index contributed by atoms with van der Waals surface area (Å²) in [4.78, 5) is 11.5. The number of hydrogen-bond donors (Lipinski definition) is 0. The van der Waals surface area contributed by atoms with Crippen molar-refractivity contribution in [3.05, 3.63) is 66.3 Å². The van der Waals surface area contributed by atoms with Gasteiger partial charge in [0.1, 0.15) is 5.75 Å². The van der Waals surface area contributed by atoms with E-state index >= 15 is 0 Å². The second-order valence-electron chi connectivity index (χ2n) is 3.75. The quantitative estimate of drug-likeness (QED) is 0.448. The van der Waals surface area contributed by atoms with Crippen molar-refractivity contribution in [3.8, 4) is 5.75 Å². The van der Waals surface area contributed by atoms with E-state index in [1.54, 1.807) is 18.2 Å². The summed E-state index contributed by atoms with van der Waals surface area (Å²) in [7, 11) is 0. The third kappa shape index (κ3) is 3.76. The number of carbonyl (C=O) groups excluding carboxylic acids is 1. The number of rotatable bonds is 3. The maximum Gasteiger partial charge on any atom is 0.336 e. The van der Waals surface area contributed by atoms with Crippen LogP contribution in [0, 0.1) is 0 Å². The van der Waals surface area contributed by atoms with Crippen LogP contribution in [0.3, 0.4) is 0 Å². The average molecular weight is 226 g/mol. The molecule has 0 saturated carbocycles. The highest BCUT2D eigenvalue weighted by atomic mass is 16.5. The maximum absolute atomic E-state index is 11.5. The highest BCUT2D eigenvalue weighted by molar-refractivity contribution is 5.84. The molecule has 0 N–H and O–H groups in total. The zero-order chi connectivity index (χ0) is 11.9. The van der Waals surface area contributed by atoms with Gasteiger partial charge in [0, 0.05) is 6.08 Å². The summed E-state index contributed by atoms with van der Waals surface area (Å²) in [5.41, 5.74) is 1.06. The van der Waals surface area contributed by atoms with Crippen LogP contribution in [0.5, 0.6) is 5.75 Å². The largest absolute Gasteiger partial charge is 0.423 e. The van der Waals surface area contributed by atoms with Crippen LogP contribution < -0.4 is 4.74 Å². The normalized spacial score (nSPS) is 14.7. The van der Waals surface area contributed by atoms with Crippen molar-refractivity contribution >= 4 is 5.97 Å². The number of hydrogen-bond acceptors (Lipinski definition) is 2. The molecule has 1 aliphatic rings. The first-order valence-electron chi connectivity index (χ1n) is 5.66. The van der Waals surface area contributed by atoms with Gasteiger partial charge in [0.15, 0.2) is 0 Å². The lowest BCUT2D eigenvalue weighted by molar-refractivity contribution is -0.128. The van der Waals surface area contributed by atoms with E-state index < -0.39 is 0 Å². The fraction of sp³-hybridized carbons (Fsp3) is 0.133. The van der Waals surface area contributed by atoms with Crippen molar-refractivity contribution in [3.63, 3.8) is 0 Å². The minimum absolute atomic E-state index is 0.351. The van der Waals surface area contributed by atoms with E-state index in [0.717, 1.165) is 18.4 Å². The van der Waals surface area contributed by atoms with Crippen LogP contribution in [-0.2, 0) is 4.79 Å². The lowest BCUT2D eigenvalue weighted by Crippen LogP contribution is -2.03. The molecule has 0 heterocycles. The molecule has 0 aliphatic heterocycles. The Hall–Kier alpha value is -2.09. The predicted molar refractivity (Wildman–Crippen MR) is 67.7 cm³/mol. The Bertz CT molecular complexity index is 467. The molecule has 2 heteroatoms. The minimum Gasteiger partial charge on any atom is -0.423 e. The molecular formula is C15H14O2. The topological polar surface area (TPSA) is 26.3 Å². The summed E-state index contributed by atoms with van der Waals surface area (Å²) in [5.74, 6) is 0.214. The second kappa shape index (κ2) is 5.85.